The van der Waals surface area contributed by atoms with E-state index in [-0.39, 0.29) is 41.5 Å². The first kappa shape index (κ1) is 22.8. The van der Waals surface area contributed by atoms with Crippen molar-refractivity contribution in [1.29, 1.82) is 0 Å². The summed E-state index contributed by atoms with van der Waals surface area (Å²) in [5.41, 5.74) is 1.03. The number of carbonyl (C=O) groups excluding carboxylic acids is 2. The topological polar surface area (TPSA) is 56.3 Å². The minimum Gasteiger partial charge on any atom is -0.462 e. The van der Waals surface area contributed by atoms with Gasteiger partial charge in [0.15, 0.2) is 0 Å². The van der Waals surface area contributed by atoms with Crippen molar-refractivity contribution >= 4 is 17.8 Å². The Bertz CT molecular complexity index is 1120. The predicted octanol–water partition coefficient (Wildman–Crippen LogP) is 5.96. The van der Waals surface area contributed by atoms with Crippen LogP contribution in [0.5, 0.6) is 0 Å². The monoisotopic (exact) mass is 469 g/mol. The molecule has 178 valence electrons. The standard InChI is InChI=1S/C27H26F3NO3/c1-15-25-22(23-13-21(32)9-6-17(23)12-24(25)26(33)34-15)10-8-20-7-5-18(14-31-20)16-3-2-4-19(11-16)27(28,29)30/h2-5,7-8,10-11,14-15,17,22-25H,6,9,12-13H2,1H3/b10-8+/t15?,17?,22-,23?,24?,25?/m1/s1. The SMILES string of the molecule is CC1OC(=O)C2CC3CCC(=O)CC3[C@@H](/C=C/c3ccc(-c4cccc(C(F)(F)F)c4)cn3)C12. The number of carbonyl (C=O) groups is 2. The van der Waals surface area contributed by atoms with E-state index in [1.165, 1.54) is 6.07 Å². The van der Waals surface area contributed by atoms with Crippen molar-refractivity contribution in [2.24, 2.45) is 29.6 Å². The van der Waals surface area contributed by atoms with E-state index in [1.807, 2.05) is 13.0 Å². The average Bonchev–Trinajstić information content (AvgIpc) is 3.10. The summed E-state index contributed by atoms with van der Waals surface area (Å²) in [5.74, 6) is 0.632. The van der Waals surface area contributed by atoms with E-state index in [1.54, 1.807) is 24.4 Å². The van der Waals surface area contributed by atoms with Crippen LogP contribution in [0.4, 0.5) is 13.2 Å². The van der Waals surface area contributed by atoms with Gasteiger partial charge in [-0.25, -0.2) is 0 Å². The number of ether oxygens (including phenoxy) is 1. The summed E-state index contributed by atoms with van der Waals surface area (Å²) in [6.45, 7) is 1.93. The zero-order valence-corrected chi connectivity index (χ0v) is 18.8. The van der Waals surface area contributed by atoms with Crippen molar-refractivity contribution in [2.45, 2.75) is 44.9 Å². The van der Waals surface area contributed by atoms with Gasteiger partial charge in [0.1, 0.15) is 11.9 Å². The van der Waals surface area contributed by atoms with Crippen molar-refractivity contribution in [3.05, 3.63) is 59.9 Å². The molecule has 2 saturated carbocycles. The summed E-state index contributed by atoms with van der Waals surface area (Å²) >= 11 is 0. The number of Topliss-reactive ketones (excluding diaryl/α,β-unsaturated/α-hetero) is 1. The van der Waals surface area contributed by atoms with E-state index >= 15 is 0 Å². The lowest BCUT2D eigenvalue weighted by molar-refractivity contribution is -0.144. The van der Waals surface area contributed by atoms with E-state index in [9.17, 15) is 22.8 Å². The van der Waals surface area contributed by atoms with E-state index in [0.717, 1.165) is 25.0 Å². The Morgan fingerprint density at radius 2 is 1.94 bits per heavy atom. The molecular weight excluding hydrogens is 443 g/mol. The molecule has 1 aromatic heterocycles. The van der Waals surface area contributed by atoms with Crippen molar-refractivity contribution in [1.82, 2.24) is 4.98 Å². The highest BCUT2D eigenvalue weighted by Gasteiger charge is 2.54. The number of rotatable bonds is 3. The lowest BCUT2D eigenvalue weighted by Gasteiger charge is -2.45. The van der Waals surface area contributed by atoms with Crippen LogP contribution in [-0.2, 0) is 20.5 Å². The van der Waals surface area contributed by atoms with Crippen LogP contribution in [0.1, 0.15) is 43.9 Å². The van der Waals surface area contributed by atoms with E-state index < -0.39 is 11.7 Å². The quantitative estimate of drug-likeness (QED) is 0.520. The number of hydrogen-bond donors (Lipinski definition) is 0. The highest BCUT2D eigenvalue weighted by molar-refractivity contribution is 5.80. The Morgan fingerprint density at radius 1 is 1.12 bits per heavy atom. The minimum atomic E-state index is -4.40. The maximum absolute atomic E-state index is 13.0. The Labute approximate surface area is 196 Å². The summed E-state index contributed by atoms with van der Waals surface area (Å²) < 4.78 is 44.7. The first-order chi connectivity index (χ1) is 16.2. The molecule has 3 fully saturated rings. The van der Waals surface area contributed by atoms with Gasteiger partial charge in [-0.1, -0.05) is 24.3 Å². The second kappa shape index (κ2) is 8.67. The average molecular weight is 470 g/mol. The van der Waals surface area contributed by atoms with Gasteiger partial charge in [-0.15, -0.1) is 0 Å². The fourth-order valence-electron chi connectivity index (χ4n) is 6.15. The number of alkyl halides is 3. The number of hydrogen-bond acceptors (Lipinski definition) is 4. The molecule has 1 saturated heterocycles. The summed E-state index contributed by atoms with van der Waals surface area (Å²) in [5, 5.41) is 0. The molecule has 6 atom stereocenters. The molecule has 0 radical (unpaired) electrons. The van der Waals surface area contributed by atoms with Crippen LogP contribution in [0, 0.1) is 29.6 Å². The van der Waals surface area contributed by atoms with Gasteiger partial charge < -0.3 is 4.74 Å². The minimum absolute atomic E-state index is 0.0411. The third kappa shape index (κ3) is 4.28. The zero-order chi connectivity index (χ0) is 24.0. The summed E-state index contributed by atoms with van der Waals surface area (Å²) in [6.07, 6.45) is 3.67. The largest absolute Gasteiger partial charge is 0.462 e. The number of ketones is 1. The molecule has 7 heteroatoms. The third-order valence-corrected chi connectivity index (χ3v) is 7.77. The number of esters is 1. The van der Waals surface area contributed by atoms with Crippen molar-refractivity contribution < 1.29 is 27.5 Å². The van der Waals surface area contributed by atoms with Gasteiger partial charge in [0.25, 0.3) is 0 Å². The second-order valence-corrected chi connectivity index (χ2v) is 9.75. The molecule has 0 spiro atoms. The Balaban J connectivity index is 1.39. The molecule has 34 heavy (non-hydrogen) atoms. The van der Waals surface area contributed by atoms with E-state index in [2.05, 4.69) is 11.1 Å². The van der Waals surface area contributed by atoms with Crippen LogP contribution in [0.15, 0.2) is 48.7 Å². The highest BCUT2D eigenvalue weighted by Crippen LogP contribution is 2.53. The van der Waals surface area contributed by atoms with Crippen LogP contribution in [-0.4, -0.2) is 22.8 Å². The molecule has 5 unspecified atom stereocenters. The van der Waals surface area contributed by atoms with Gasteiger partial charge in [0.05, 0.1) is 17.2 Å². The zero-order valence-electron chi connectivity index (χ0n) is 18.8. The number of cyclic esters (lactones) is 1. The number of pyridine rings is 1. The number of fused-ring (bicyclic) bond motifs is 2. The molecule has 2 heterocycles. The predicted molar refractivity (Wildman–Crippen MR) is 120 cm³/mol. The van der Waals surface area contributed by atoms with Gasteiger partial charge in [0.2, 0.25) is 0 Å². The first-order valence-corrected chi connectivity index (χ1v) is 11.7. The Kier molecular flexibility index (Phi) is 5.82. The molecule has 2 aromatic rings. The number of benzene rings is 1. The third-order valence-electron chi connectivity index (χ3n) is 7.77. The van der Waals surface area contributed by atoms with Gasteiger partial charge in [0, 0.05) is 30.5 Å². The molecule has 2 aliphatic carbocycles. The number of aromatic nitrogens is 1. The van der Waals surface area contributed by atoms with Crippen LogP contribution in [0.25, 0.3) is 17.2 Å². The van der Waals surface area contributed by atoms with Crippen LogP contribution < -0.4 is 0 Å². The second-order valence-electron chi connectivity index (χ2n) is 9.75. The van der Waals surface area contributed by atoms with Crippen molar-refractivity contribution in [3.63, 3.8) is 0 Å². The number of allylic oxidation sites excluding steroid dienone is 1. The molecule has 0 amide bonds. The lowest BCUT2D eigenvalue weighted by Crippen LogP contribution is -2.44. The Hall–Kier alpha value is -2.96. The molecule has 3 aliphatic rings. The summed E-state index contributed by atoms with van der Waals surface area (Å²) in [6, 6.07) is 8.71. The molecule has 1 aromatic carbocycles. The normalized spacial score (nSPS) is 31.3. The van der Waals surface area contributed by atoms with Gasteiger partial charge in [-0.2, -0.15) is 13.2 Å². The van der Waals surface area contributed by atoms with E-state index in [4.69, 9.17) is 4.74 Å². The molecule has 1 aliphatic heterocycles. The number of nitrogens with zero attached hydrogens (tertiary/aromatic N) is 1. The smallest absolute Gasteiger partial charge is 0.416 e. The van der Waals surface area contributed by atoms with E-state index in [0.29, 0.717) is 35.6 Å². The summed E-state index contributed by atoms with van der Waals surface area (Å²) in [7, 11) is 0. The van der Waals surface area contributed by atoms with Crippen LogP contribution >= 0.6 is 0 Å². The fraction of sp³-hybridized carbons (Fsp3) is 0.444. The first-order valence-electron chi connectivity index (χ1n) is 11.7. The number of halogens is 3. The van der Waals surface area contributed by atoms with Gasteiger partial charge in [-0.3, -0.25) is 14.6 Å². The maximum atomic E-state index is 13.0. The van der Waals surface area contributed by atoms with Crippen molar-refractivity contribution in [3.8, 4) is 11.1 Å². The highest BCUT2D eigenvalue weighted by atomic mass is 19.4. The molecule has 0 N–H and O–H groups in total. The fourth-order valence-corrected chi connectivity index (χ4v) is 6.15. The van der Waals surface area contributed by atoms with Crippen LogP contribution in [0.3, 0.4) is 0 Å². The van der Waals surface area contributed by atoms with Gasteiger partial charge >= 0.3 is 12.1 Å². The van der Waals surface area contributed by atoms with Crippen LogP contribution in [0.2, 0.25) is 0 Å². The lowest BCUT2D eigenvalue weighted by atomic mass is 9.57. The van der Waals surface area contributed by atoms with Crippen molar-refractivity contribution in [2.75, 3.05) is 0 Å². The maximum Gasteiger partial charge on any atom is 0.416 e. The molecular formula is C27H26F3NO3. The molecule has 4 nitrogen and oxygen atoms in total. The summed E-state index contributed by atoms with van der Waals surface area (Å²) in [4.78, 5) is 29.1. The molecule has 5 rings (SSSR count). The van der Waals surface area contributed by atoms with Gasteiger partial charge in [-0.05, 0) is 67.4 Å². The molecule has 0 bridgehead atoms. The Morgan fingerprint density at radius 3 is 2.68 bits per heavy atom.